The van der Waals surface area contributed by atoms with E-state index in [0.29, 0.717) is 62.9 Å². The summed E-state index contributed by atoms with van der Waals surface area (Å²) in [5, 5.41) is 16.0. The molecule has 0 aliphatic carbocycles. The van der Waals surface area contributed by atoms with E-state index in [1.54, 1.807) is 29.3 Å². The number of H-pyrrole nitrogens is 1. The molecule has 1 atom stereocenters. The Morgan fingerprint density at radius 3 is 2.41 bits per heavy atom. The van der Waals surface area contributed by atoms with Crippen LogP contribution in [-0.2, 0) is 19.5 Å². The van der Waals surface area contributed by atoms with Gasteiger partial charge in [-0.15, -0.1) is 0 Å². The molecule has 3 N–H and O–H groups in total. The molecule has 3 saturated heterocycles. The van der Waals surface area contributed by atoms with Crippen molar-refractivity contribution in [1.29, 1.82) is 0 Å². The highest BCUT2D eigenvalue weighted by Gasteiger charge is 2.32. The van der Waals surface area contributed by atoms with Gasteiger partial charge in [0.25, 0.3) is 21.6 Å². The van der Waals surface area contributed by atoms with E-state index in [-0.39, 0.29) is 35.1 Å². The maximum Gasteiger partial charge on any atom is 0.410 e. The summed E-state index contributed by atoms with van der Waals surface area (Å²) in [5.74, 6) is -0.341. The van der Waals surface area contributed by atoms with Gasteiger partial charge in [0, 0.05) is 81.5 Å². The van der Waals surface area contributed by atoms with Gasteiger partial charge in [0.05, 0.1) is 27.6 Å². The topological polar surface area (TPSA) is 202 Å². The third-order valence-corrected chi connectivity index (χ3v) is 14.1. The first kappa shape index (κ1) is 46.9. The van der Waals surface area contributed by atoms with Crippen molar-refractivity contribution in [1.82, 2.24) is 19.6 Å². The number of piperazine rings is 1. The van der Waals surface area contributed by atoms with Gasteiger partial charge >= 0.3 is 6.09 Å². The highest BCUT2D eigenvalue weighted by atomic mass is 32.2. The summed E-state index contributed by atoms with van der Waals surface area (Å²) < 4.78 is 47.0. The van der Waals surface area contributed by atoms with Crippen molar-refractivity contribution in [3.8, 4) is 22.6 Å². The highest BCUT2D eigenvalue weighted by Crippen LogP contribution is 2.42. The first-order valence-corrected chi connectivity index (χ1v) is 24.8. The molecule has 3 aliphatic rings. The monoisotopic (exact) mass is 956 g/mol. The standard InChI is InChI=1S/C51H56N8O9S/c1-51(2,3)68-50(61)57-25-23-56(24-26-57)44-8-5-4-7-41(44)45-9-6-22-58(45)38-13-10-35(11-14-38)36-12-16-42(47(30-36)67-39-29-37-18-21-52-48(37)54-33-39)49(60)55-69(64,65)40-15-17-43(46(31-40)59(62)63)53-32-34-19-27-66-28-20-34/h4-5,7-8,10-18,21,29-31,33-34,45,53H,6,9,19-20,22-28,32H2,1-3H3,(H,52,54)(H,55,60). The molecule has 1 unspecified atom stereocenters. The number of amides is 2. The number of anilines is 3. The van der Waals surface area contributed by atoms with Crippen LogP contribution in [0.1, 0.15) is 68.4 Å². The van der Waals surface area contributed by atoms with E-state index in [0.717, 1.165) is 54.9 Å². The van der Waals surface area contributed by atoms with E-state index in [4.69, 9.17) is 14.2 Å². The van der Waals surface area contributed by atoms with Crippen LogP contribution < -0.4 is 24.6 Å². The van der Waals surface area contributed by atoms with Gasteiger partial charge in [-0.05, 0) is 124 Å². The predicted molar refractivity (Wildman–Crippen MR) is 264 cm³/mol. The van der Waals surface area contributed by atoms with Gasteiger partial charge in [-0.1, -0.05) is 36.4 Å². The molecule has 18 heteroatoms. The molecule has 3 fully saturated rings. The number of nitro groups is 1. The number of para-hydroxylation sites is 1. The van der Waals surface area contributed by atoms with Gasteiger partial charge in [0.2, 0.25) is 0 Å². The minimum Gasteiger partial charge on any atom is -0.455 e. The molecular weight excluding hydrogens is 901 g/mol. The number of nitrogens with zero attached hydrogens (tertiary/aromatic N) is 5. The van der Waals surface area contributed by atoms with Crippen molar-refractivity contribution in [2.45, 2.75) is 63.0 Å². The van der Waals surface area contributed by atoms with Crippen molar-refractivity contribution in [3.63, 3.8) is 0 Å². The van der Waals surface area contributed by atoms with Crippen molar-refractivity contribution < 1.29 is 37.1 Å². The van der Waals surface area contributed by atoms with E-state index in [9.17, 15) is 28.1 Å². The maximum atomic E-state index is 14.0. The zero-order valence-corrected chi connectivity index (χ0v) is 39.7. The molecular formula is C51H56N8O9S. The average Bonchev–Trinajstić information content (AvgIpc) is 4.04. The number of nitrogens with one attached hydrogen (secondary N) is 3. The fourth-order valence-corrected chi connectivity index (χ4v) is 10.2. The van der Waals surface area contributed by atoms with Gasteiger partial charge in [-0.2, -0.15) is 0 Å². The molecule has 0 bridgehead atoms. The Kier molecular flexibility index (Phi) is 13.5. The Labute approximate surface area is 401 Å². The zero-order chi connectivity index (χ0) is 48.3. The Morgan fingerprint density at radius 2 is 1.65 bits per heavy atom. The van der Waals surface area contributed by atoms with E-state index in [1.165, 1.54) is 35.6 Å². The Balaban J connectivity index is 0.941. The second kappa shape index (κ2) is 19.8. The number of carbonyl (C=O) groups excluding carboxylic acids is 2. The fourth-order valence-electron chi connectivity index (χ4n) is 9.25. The van der Waals surface area contributed by atoms with Gasteiger partial charge < -0.3 is 39.2 Å². The number of nitro benzene ring substituents is 1. The Bertz CT molecular complexity index is 2960. The molecule has 0 spiro atoms. The summed E-state index contributed by atoms with van der Waals surface area (Å²) in [6, 6.07) is 28.8. The van der Waals surface area contributed by atoms with Gasteiger partial charge in [-0.3, -0.25) is 14.9 Å². The van der Waals surface area contributed by atoms with Gasteiger partial charge in [-0.25, -0.2) is 22.9 Å². The molecule has 9 rings (SSSR count). The lowest BCUT2D eigenvalue weighted by atomic mass is 9.99. The van der Waals surface area contributed by atoms with Crippen molar-refractivity contribution in [2.24, 2.45) is 5.92 Å². The maximum absolute atomic E-state index is 14.0. The molecule has 6 aromatic rings. The van der Waals surface area contributed by atoms with Crippen LogP contribution >= 0.6 is 0 Å². The smallest absolute Gasteiger partial charge is 0.410 e. The molecule has 0 radical (unpaired) electrons. The molecule has 69 heavy (non-hydrogen) atoms. The molecule has 0 saturated carbocycles. The lowest BCUT2D eigenvalue weighted by Crippen LogP contribution is -2.50. The van der Waals surface area contributed by atoms with Crippen LogP contribution in [0.25, 0.3) is 22.2 Å². The quantitative estimate of drug-likeness (QED) is 0.0731. The van der Waals surface area contributed by atoms with Crippen LogP contribution in [0.2, 0.25) is 0 Å². The molecule has 5 heterocycles. The van der Waals surface area contributed by atoms with Gasteiger partial charge in [0.15, 0.2) is 0 Å². The van der Waals surface area contributed by atoms with Crippen LogP contribution in [0, 0.1) is 16.0 Å². The third kappa shape index (κ3) is 10.8. The van der Waals surface area contributed by atoms with Crippen LogP contribution in [0.3, 0.4) is 0 Å². The van der Waals surface area contributed by atoms with E-state index >= 15 is 0 Å². The highest BCUT2D eigenvalue weighted by molar-refractivity contribution is 7.90. The van der Waals surface area contributed by atoms with Crippen LogP contribution in [-0.4, -0.2) is 98.3 Å². The van der Waals surface area contributed by atoms with Crippen molar-refractivity contribution in [3.05, 3.63) is 131 Å². The molecule has 17 nitrogen and oxygen atoms in total. The van der Waals surface area contributed by atoms with Gasteiger partial charge in [0.1, 0.15) is 28.4 Å². The summed E-state index contributed by atoms with van der Waals surface area (Å²) in [6.07, 6.45) is 6.59. The largest absolute Gasteiger partial charge is 0.455 e. The second-order valence-corrected chi connectivity index (χ2v) is 20.3. The number of hydrogen-bond donors (Lipinski definition) is 3. The first-order chi connectivity index (χ1) is 33.2. The number of pyridine rings is 1. The SMILES string of the molecule is CC(C)(C)OC(=O)N1CCN(c2ccccc2C2CCCN2c2ccc(-c3ccc(C(=O)NS(=O)(=O)c4ccc(NCC5CCOCC5)c([N+](=O)[O-])c4)c(Oc4cnc5[nH]ccc5c4)c3)cc2)CC1. The van der Waals surface area contributed by atoms with Crippen molar-refractivity contribution in [2.75, 3.05) is 67.6 Å². The van der Waals surface area contributed by atoms with E-state index < -0.39 is 37.0 Å². The van der Waals surface area contributed by atoms with E-state index in [1.807, 2.05) is 39.0 Å². The molecule has 4 aromatic carbocycles. The number of fused-ring (bicyclic) bond motifs is 1. The normalized spacial score (nSPS) is 16.9. The minimum atomic E-state index is -4.59. The predicted octanol–water partition coefficient (Wildman–Crippen LogP) is 9.29. The molecule has 2 aromatic heterocycles. The van der Waals surface area contributed by atoms with E-state index in [2.05, 4.69) is 66.2 Å². The number of benzene rings is 4. The third-order valence-electron chi connectivity index (χ3n) is 12.8. The van der Waals surface area contributed by atoms with Crippen LogP contribution in [0.4, 0.5) is 27.5 Å². The number of hydrogen-bond acceptors (Lipinski definition) is 13. The number of sulfonamides is 1. The first-order valence-electron chi connectivity index (χ1n) is 23.3. The lowest BCUT2D eigenvalue weighted by Gasteiger charge is -2.39. The summed E-state index contributed by atoms with van der Waals surface area (Å²) in [6.45, 7) is 10.8. The minimum absolute atomic E-state index is 0.0720. The van der Waals surface area contributed by atoms with Crippen molar-refractivity contribution >= 4 is 55.8 Å². The summed E-state index contributed by atoms with van der Waals surface area (Å²) in [7, 11) is -4.59. The van der Waals surface area contributed by atoms with Crippen LogP contribution in [0.5, 0.6) is 11.5 Å². The zero-order valence-electron chi connectivity index (χ0n) is 38.9. The number of carbonyl (C=O) groups is 2. The Hall–Kier alpha value is -7.18. The summed E-state index contributed by atoms with van der Waals surface area (Å²) in [4.78, 5) is 51.9. The fraction of sp³-hybridized carbons (Fsp3) is 0.353. The molecule has 360 valence electrons. The van der Waals surface area contributed by atoms with Crippen LogP contribution in [0.15, 0.2) is 114 Å². The number of ether oxygens (including phenoxy) is 3. The Morgan fingerprint density at radius 1 is 0.899 bits per heavy atom. The number of aromatic amines is 1. The second-order valence-electron chi connectivity index (χ2n) is 18.6. The lowest BCUT2D eigenvalue weighted by molar-refractivity contribution is -0.384. The summed E-state index contributed by atoms with van der Waals surface area (Å²) >= 11 is 0. The molecule has 3 aliphatic heterocycles. The summed E-state index contributed by atoms with van der Waals surface area (Å²) in [5.41, 5.74) is 4.76. The number of rotatable bonds is 13. The average molecular weight is 957 g/mol. The number of aromatic nitrogens is 2. The molecule has 2 amide bonds.